The highest BCUT2D eigenvalue weighted by Gasteiger charge is 2.22. The quantitative estimate of drug-likeness (QED) is 0.474. The third kappa shape index (κ3) is 3.82. The highest BCUT2D eigenvalue weighted by Crippen LogP contribution is 2.32. The fourth-order valence-electron chi connectivity index (χ4n) is 3.86. The van der Waals surface area contributed by atoms with Gasteiger partial charge in [-0.15, -0.1) is 0 Å². The number of nitrogens with two attached hydrogens (primary N) is 1. The van der Waals surface area contributed by atoms with Crippen LogP contribution in [0.1, 0.15) is 36.7 Å². The van der Waals surface area contributed by atoms with Crippen molar-refractivity contribution in [1.82, 2.24) is 20.1 Å². The molecular formula is C24H22N6O2. The molecule has 0 bridgehead atoms. The summed E-state index contributed by atoms with van der Waals surface area (Å²) in [6.45, 7) is 3.81. The summed E-state index contributed by atoms with van der Waals surface area (Å²) in [6, 6.07) is 11.7. The molecule has 3 aromatic heterocycles. The highest BCUT2D eigenvalue weighted by atomic mass is 16.5. The Morgan fingerprint density at radius 2 is 2.06 bits per heavy atom. The van der Waals surface area contributed by atoms with Crippen molar-refractivity contribution in [3.05, 3.63) is 65.1 Å². The predicted molar refractivity (Wildman–Crippen MR) is 123 cm³/mol. The maximum atomic E-state index is 12.8. The molecule has 160 valence electrons. The smallest absolute Gasteiger partial charge is 0.274 e. The molecule has 3 N–H and O–H groups in total. The van der Waals surface area contributed by atoms with Gasteiger partial charge >= 0.3 is 0 Å². The van der Waals surface area contributed by atoms with Crippen LogP contribution in [-0.4, -0.2) is 31.6 Å². The number of anilines is 1. The lowest BCUT2D eigenvalue weighted by Crippen LogP contribution is -2.13. The Balaban J connectivity index is 1.34. The number of allylic oxidation sites excluding steroid dienone is 1. The minimum absolute atomic E-state index is 0.0629. The maximum absolute atomic E-state index is 12.8. The number of aryl methyl sites for hydroxylation is 2. The van der Waals surface area contributed by atoms with Gasteiger partial charge in [0, 0.05) is 35.5 Å². The molecule has 32 heavy (non-hydrogen) atoms. The van der Waals surface area contributed by atoms with Crippen LogP contribution >= 0.6 is 0 Å². The lowest BCUT2D eigenvalue weighted by Gasteiger charge is -2.02. The van der Waals surface area contributed by atoms with Crippen molar-refractivity contribution in [2.75, 3.05) is 5.73 Å². The lowest BCUT2D eigenvalue weighted by atomic mass is 10.0. The summed E-state index contributed by atoms with van der Waals surface area (Å²) >= 11 is 0. The molecular weight excluding hydrogens is 404 g/mol. The van der Waals surface area contributed by atoms with E-state index in [1.54, 1.807) is 19.2 Å². The van der Waals surface area contributed by atoms with E-state index in [2.05, 4.69) is 26.2 Å². The molecule has 4 aromatic rings. The second kappa shape index (κ2) is 7.88. The fourth-order valence-corrected chi connectivity index (χ4v) is 3.86. The van der Waals surface area contributed by atoms with Crippen LogP contribution in [0.2, 0.25) is 0 Å². The summed E-state index contributed by atoms with van der Waals surface area (Å²) < 4.78 is 5.26. The summed E-state index contributed by atoms with van der Waals surface area (Å²) in [5, 5.41) is 4.86. The number of fused-ring (bicyclic) bond motifs is 1. The molecule has 1 aliphatic rings. The second-order valence-electron chi connectivity index (χ2n) is 8.01. The van der Waals surface area contributed by atoms with Gasteiger partial charge in [0.15, 0.2) is 11.6 Å². The number of nitrogens with zero attached hydrogens (tertiary/aromatic N) is 4. The zero-order chi connectivity index (χ0) is 22.2. The molecule has 1 aliphatic heterocycles. The van der Waals surface area contributed by atoms with Crippen LogP contribution in [0.15, 0.2) is 57.7 Å². The molecule has 5 rings (SSSR count). The van der Waals surface area contributed by atoms with E-state index in [-0.39, 0.29) is 5.78 Å². The number of hydrogen-bond donors (Lipinski definition) is 2. The van der Waals surface area contributed by atoms with Gasteiger partial charge in [-0.05, 0) is 55.7 Å². The Bertz CT molecular complexity index is 1390. The Kier molecular flexibility index (Phi) is 4.89. The first-order valence-electron chi connectivity index (χ1n) is 10.4. The van der Waals surface area contributed by atoms with Gasteiger partial charge in [-0.25, -0.2) is 9.98 Å². The van der Waals surface area contributed by atoms with Gasteiger partial charge in [0.25, 0.3) is 5.89 Å². The Morgan fingerprint density at radius 3 is 2.81 bits per heavy atom. The molecule has 8 nitrogen and oxygen atoms in total. The number of benzene rings is 1. The van der Waals surface area contributed by atoms with Crippen molar-refractivity contribution in [2.24, 2.45) is 4.99 Å². The molecule has 0 radical (unpaired) electrons. The first kappa shape index (κ1) is 19.9. The first-order chi connectivity index (χ1) is 15.5. The van der Waals surface area contributed by atoms with Crippen molar-refractivity contribution < 1.29 is 9.32 Å². The van der Waals surface area contributed by atoms with Crippen LogP contribution in [-0.2, 0) is 11.2 Å². The number of ketones is 1. The first-order valence-corrected chi connectivity index (χ1v) is 10.4. The van der Waals surface area contributed by atoms with Crippen LogP contribution in [0.5, 0.6) is 0 Å². The van der Waals surface area contributed by atoms with Crippen LogP contribution in [0.4, 0.5) is 5.82 Å². The van der Waals surface area contributed by atoms with Crippen molar-refractivity contribution in [3.63, 3.8) is 0 Å². The van der Waals surface area contributed by atoms with E-state index in [0.717, 1.165) is 39.0 Å². The maximum Gasteiger partial charge on any atom is 0.274 e. The number of aromatic nitrogens is 4. The number of carbonyl (C=O) groups is 1. The van der Waals surface area contributed by atoms with Crippen molar-refractivity contribution in [3.8, 4) is 11.6 Å². The van der Waals surface area contributed by atoms with E-state index in [1.807, 2.05) is 31.2 Å². The van der Waals surface area contributed by atoms with Crippen LogP contribution in [0.25, 0.3) is 28.2 Å². The number of aliphatic imine (C=N–C) groups is 1. The zero-order valence-electron chi connectivity index (χ0n) is 17.8. The summed E-state index contributed by atoms with van der Waals surface area (Å²) in [6.07, 6.45) is 3.30. The van der Waals surface area contributed by atoms with Gasteiger partial charge in [-0.1, -0.05) is 17.3 Å². The van der Waals surface area contributed by atoms with Gasteiger partial charge in [0.2, 0.25) is 0 Å². The van der Waals surface area contributed by atoms with E-state index in [1.165, 1.54) is 0 Å². The van der Waals surface area contributed by atoms with Gasteiger partial charge in [0.05, 0.1) is 11.4 Å². The number of rotatable bonds is 6. The van der Waals surface area contributed by atoms with E-state index in [0.29, 0.717) is 42.5 Å². The minimum Gasteiger partial charge on any atom is -0.384 e. The second-order valence-corrected chi connectivity index (χ2v) is 8.01. The van der Waals surface area contributed by atoms with E-state index < -0.39 is 0 Å². The predicted octanol–water partition coefficient (Wildman–Crippen LogP) is 4.28. The largest absolute Gasteiger partial charge is 0.384 e. The molecule has 0 fully saturated rings. The molecule has 0 spiro atoms. The molecule has 1 aromatic carbocycles. The van der Waals surface area contributed by atoms with Gasteiger partial charge < -0.3 is 15.2 Å². The molecule has 0 saturated carbocycles. The minimum atomic E-state index is 0.0629. The topological polar surface area (TPSA) is 123 Å². The summed E-state index contributed by atoms with van der Waals surface area (Å²) in [5.41, 5.74) is 11.9. The lowest BCUT2D eigenvalue weighted by molar-refractivity contribution is -0.113. The summed E-state index contributed by atoms with van der Waals surface area (Å²) in [4.78, 5) is 29.1. The molecule has 0 atom stereocenters. The normalized spacial score (nSPS) is 13.8. The average Bonchev–Trinajstić information content (AvgIpc) is 3.50. The number of hydrogen-bond acceptors (Lipinski definition) is 7. The number of Topliss-reactive ketones (excluding diaryl/α,β-unsaturated/α-hetero) is 1. The summed E-state index contributed by atoms with van der Waals surface area (Å²) in [7, 11) is 0. The van der Waals surface area contributed by atoms with Crippen molar-refractivity contribution in [2.45, 2.75) is 33.1 Å². The SMILES string of the molecule is CC1=C(c2ccc3[nH]c(-c4nc(C)no4)cc3c2)N=C(C(=O)CCc2ccc(N)nc2)C1. The number of nitrogen functional groups attached to an aromatic ring is 1. The molecule has 8 heteroatoms. The fraction of sp³-hybridized carbons (Fsp3) is 0.208. The zero-order valence-corrected chi connectivity index (χ0v) is 17.8. The third-order valence-corrected chi connectivity index (χ3v) is 5.55. The van der Waals surface area contributed by atoms with E-state index in [4.69, 9.17) is 15.2 Å². The Labute approximate surface area is 184 Å². The molecule has 0 aliphatic carbocycles. The van der Waals surface area contributed by atoms with E-state index >= 15 is 0 Å². The standard InChI is InChI=1S/C24H22N6O2/c1-13-9-19(21(31)7-3-15-4-8-22(25)26-12-15)29-23(13)16-5-6-18-17(10-16)11-20(28-18)24-27-14(2)30-32-24/h4-6,8,10-12,28H,3,7,9H2,1-2H3,(H2,25,26). The Hall–Kier alpha value is -4.07. The molecule has 0 saturated heterocycles. The van der Waals surface area contributed by atoms with Crippen LogP contribution < -0.4 is 5.73 Å². The van der Waals surface area contributed by atoms with Crippen molar-refractivity contribution >= 4 is 33.9 Å². The number of carbonyl (C=O) groups excluding carboxylic acids is 1. The highest BCUT2D eigenvalue weighted by molar-refractivity contribution is 6.42. The number of aromatic amines is 1. The molecule has 0 amide bonds. The molecule has 4 heterocycles. The van der Waals surface area contributed by atoms with Crippen LogP contribution in [0, 0.1) is 6.92 Å². The Morgan fingerprint density at radius 1 is 1.19 bits per heavy atom. The number of nitrogens with one attached hydrogen (secondary N) is 1. The van der Waals surface area contributed by atoms with Crippen LogP contribution in [0.3, 0.4) is 0 Å². The van der Waals surface area contributed by atoms with Gasteiger partial charge in [0.1, 0.15) is 11.5 Å². The third-order valence-electron chi connectivity index (χ3n) is 5.55. The van der Waals surface area contributed by atoms with E-state index in [9.17, 15) is 4.79 Å². The summed E-state index contributed by atoms with van der Waals surface area (Å²) in [5.74, 6) is 1.58. The average molecular weight is 426 g/mol. The monoisotopic (exact) mass is 426 g/mol. The number of pyridine rings is 1. The van der Waals surface area contributed by atoms with Gasteiger partial charge in [-0.3, -0.25) is 4.79 Å². The number of H-pyrrole nitrogens is 1. The van der Waals surface area contributed by atoms with Gasteiger partial charge in [-0.2, -0.15) is 4.98 Å². The molecule has 0 unspecified atom stereocenters. The van der Waals surface area contributed by atoms with Crippen molar-refractivity contribution in [1.29, 1.82) is 0 Å².